The molecule has 3 heterocycles. The van der Waals surface area contributed by atoms with Crippen LogP contribution in [0.1, 0.15) is 41.4 Å². The predicted molar refractivity (Wildman–Crippen MR) is 120 cm³/mol. The van der Waals surface area contributed by atoms with Crippen LogP contribution in [0.15, 0.2) is 30.3 Å². The minimum absolute atomic E-state index is 0.137. The molecule has 1 aliphatic heterocycles. The highest BCUT2D eigenvalue weighted by Crippen LogP contribution is 2.24. The number of nitrogens with zero attached hydrogens (tertiary/aromatic N) is 6. The summed E-state index contributed by atoms with van der Waals surface area (Å²) in [6, 6.07) is 7.17. The third-order valence-electron chi connectivity index (χ3n) is 5.56. The topological polar surface area (TPSA) is 138 Å². The maximum absolute atomic E-state index is 14.8. The van der Waals surface area contributed by atoms with Gasteiger partial charge in [-0.1, -0.05) is 6.07 Å². The average Bonchev–Trinajstić information content (AvgIpc) is 3.33. The number of rotatable bonds is 6. The van der Waals surface area contributed by atoms with Crippen molar-refractivity contribution in [1.82, 2.24) is 35.4 Å². The fourth-order valence-electron chi connectivity index (χ4n) is 3.74. The van der Waals surface area contributed by atoms with Crippen LogP contribution < -0.4 is 10.6 Å². The first kappa shape index (κ1) is 23.2. The number of pyridine rings is 1. The molecule has 1 aromatic carbocycles. The Bertz CT molecular complexity index is 1210. The van der Waals surface area contributed by atoms with Crippen LogP contribution in [0.5, 0.6) is 0 Å². The molecule has 34 heavy (non-hydrogen) atoms. The van der Waals surface area contributed by atoms with Crippen LogP contribution in [0.3, 0.4) is 0 Å². The highest BCUT2D eigenvalue weighted by molar-refractivity contribution is 6.04. The molecular formula is C22H25FN8O3. The largest absolute Gasteiger partial charge is 0.394 e. The summed E-state index contributed by atoms with van der Waals surface area (Å²) in [4.78, 5) is 31.1. The summed E-state index contributed by atoms with van der Waals surface area (Å²) in [6.45, 7) is 4.71. The van der Waals surface area contributed by atoms with Gasteiger partial charge in [0, 0.05) is 19.6 Å². The van der Waals surface area contributed by atoms with E-state index < -0.39 is 11.7 Å². The number of urea groups is 1. The number of amides is 3. The second-order valence-corrected chi connectivity index (χ2v) is 7.95. The summed E-state index contributed by atoms with van der Waals surface area (Å²) in [6.07, 6.45) is 0.510. The van der Waals surface area contributed by atoms with Gasteiger partial charge in [-0.3, -0.25) is 4.79 Å². The molecule has 178 valence electrons. The summed E-state index contributed by atoms with van der Waals surface area (Å²) in [7, 11) is 0. The van der Waals surface area contributed by atoms with Gasteiger partial charge in [0.2, 0.25) is 5.82 Å². The van der Waals surface area contributed by atoms with Crippen LogP contribution in [0.2, 0.25) is 0 Å². The van der Waals surface area contributed by atoms with E-state index in [1.165, 1.54) is 16.8 Å². The van der Waals surface area contributed by atoms with E-state index in [-0.39, 0.29) is 30.1 Å². The normalized spacial score (nSPS) is 13.8. The predicted octanol–water partition coefficient (Wildman–Crippen LogP) is 1.77. The number of tetrazole rings is 1. The number of nitrogens with one attached hydrogen (secondary N) is 2. The molecule has 3 amide bonds. The van der Waals surface area contributed by atoms with Crippen molar-refractivity contribution in [2.45, 2.75) is 32.9 Å². The third-order valence-corrected chi connectivity index (χ3v) is 5.56. The first-order valence-corrected chi connectivity index (χ1v) is 10.9. The van der Waals surface area contributed by atoms with Crippen molar-refractivity contribution in [2.24, 2.45) is 0 Å². The molecule has 0 fully saturated rings. The van der Waals surface area contributed by atoms with Crippen LogP contribution in [-0.4, -0.2) is 66.8 Å². The number of benzene rings is 1. The van der Waals surface area contributed by atoms with Gasteiger partial charge in [0.25, 0.3) is 5.91 Å². The summed E-state index contributed by atoms with van der Waals surface area (Å²) in [5.41, 5.74) is 1.75. The van der Waals surface area contributed by atoms with E-state index in [9.17, 15) is 19.1 Å². The van der Waals surface area contributed by atoms with Crippen LogP contribution in [0.4, 0.5) is 15.0 Å². The fourth-order valence-corrected chi connectivity index (χ4v) is 3.74. The average molecular weight is 468 g/mol. The van der Waals surface area contributed by atoms with Gasteiger partial charge in [-0.25, -0.2) is 18.9 Å². The van der Waals surface area contributed by atoms with E-state index in [2.05, 4.69) is 31.1 Å². The Balaban J connectivity index is 1.55. The zero-order chi connectivity index (χ0) is 24.2. The van der Waals surface area contributed by atoms with Crippen LogP contribution >= 0.6 is 0 Å². The Labute approximate surface area is 195 Å². The molecule has 0 spiro atoms. The Kier molecular flexibility index (Phi) is 6.77. The molecular weight excluding hydrogens is 443 g/mol. The molecule has 0 aliphatic carbocycles. The van der Waals surface area contributed by atoms with Crippen LogP contribution in [0, 0.1) is 5.82 Å². The Morgan fingerprint density at radius 3 is 2.85 bits per heavy atom. The first-order valence-electron chi connectivity index (χ1n) is 10.9. The minimum atomic E-state index is -0.664. The zero-order valence-electron chi connectivity index (χ0n) is 18.8. The van der Waals surface area contributed by atoms with E-state index in [0.717, 1.165) is 11.1 Å². The number of hydrogen-bond acceptors (Lipinski definition) is 7. The Morgan fingerprint density at radius 2 is 2.09 bits per heavy atom. The van der Waals surface area contributed by atoms with Gasteiger partial charge in [0.1, 0.15) is 17.3 Å². The van der Waals surface area contributed by atoms with Crippen molar-refractivity contribution in [3.63, 3.8) is 0 Å². The number of carbonyl (C=O) groups excluding carboxylic acids is 2. The van der Waals surface area contributed by atoms with Gasteiger partial charge in [0.15, 0.2) is 0 Å². The van der Waals surface area contributed by atoms with Crippen molar-refractivity contribution >= 4 is 17.8 Å². The molecule has 0 radical (unpaired) electrons. The number of carbonyl (C=O) groups is 2. The molecule has 3 aromatic rings. The minimum Gasteiger partial charge on any atom is -0.394 e. The highest BCUT2D eigenvalue weighted by Gasteiger charge is 2.24. The molecule has 1 aliphatic rings. The van der Waals surface area contributed by atoms with Crippen molar-refractivity contribution in [1.29, 1.82) is 0 Å². The number of anilines is 1. The Morgan fingerprint density at radius 1 is 1.26 bits per heavy atom. The fraction of sp³-hybridized carbons (Fsp3) is 0.364. The molecule has 12 heteroatoms. The van der Waals surface area contributed by atoms with Gasteiger partial charge in [-0.15, -0.1) is 5.10 Å². The molecule has 4 rings (SSSR count). The van der Waals surface area contributed by atoms with Gasteiger partial charge >= 0.3 is 6.03 Å². The molecule has 0 saturated carbocycles. The number of hydrogen-bond donors (Lipinski definition) is 3. The summed E-state index contributed by atoms with van der Waals surface area (Å²) >= 11 is 0. The van der Waals surface area contributed by atoms with E-state index in [4.69, 9.17) is 0 Å². The maximum Gasteiger partial charge on any atom is 0.317 e. The van der Waals surface area contributed by atoms with Gasteiger partial charge in [-0.05, 0) is 66.1 Å². The molecule has 0 bridgehead atoms. The summed E-state index contributed by atoms with van der Waals surface area (Å²) < 4.78 is 16.2. The van der Waals surface area contributed by atoms with Gasteiger partial charge in [-0.2, -0.15) is 0 Å². The zero-order valence-corrected chi connectivity index (χ0v) is 18.8. The third kappa shape index (κ3) is 4.71. The number of fused-ring (bicyclic) bond motifs is 1. The van der Waals surface area contributed by atoms with Crippen LogP contribution in [0.25, 0.3) is 11.5 Å². The SMILES string of the molecule is CCNC(=O)N1CCc2cc(F)c(C(=O)Nc3cccc(-c4nnnn4[C@H](C)CO)n3)cc2C1. The number of aliphatic hydroxyl groups is 1. The van der Waals surface area contributed by atoms with Crippen molar-refractivity contribution in [3.8, 4) is 11.5 Å². The van der Waals surface area contributed by atoms with E-state index in [1.54, 1.807) is 30.0 Å². The Hall–Kier alpha value is -3.93. The molecule has 2 aromatic heterocycles. The monoisotopic (exact) mass is 468 g/mol. The van der Waals surface area contributed by atoms with Crippen molar-refractivity contribution < 1.29 is 19.1 Å². The van der Waals surface area contributed by atoms with Gasteiger partial charge in [0.05, 0.1) is 18.2 Å². The molecule has 3 N–H and O–H groups in total. The lowest BCUT2D eigenvalue weighted by Crippen LogP contribution is -2.42. The lowest BCUT2D eigenvalue weighted by molar-refractivity contribution is 0.102. The number of aliphatic hydroxyl groups excluding tert-OH is 1. The summed E-state index contributed by atoms with van der Waals surface area (Å²) in [5, 5.41) is 26.2. The van der Waals surface area contributed by atoms with E-state index in [0.29, 0.717) is 37.6 Å². The molecule has 1 atom stereocenters. The van der Waals surface area contributed by atoms with E-state index >= 15 is 0 Å². The first-order chi connectivity index (χ1) is 16.4. The lowest BCUT2D eigenvalue weighted by atomic mass is 9.96. The lowest BCUT2D eigenvalue weighted by Gasteiger charge is -2.29. The van der Waals surface area contributed by atoms with Crippen LogP contribution in [-0.2, 0) is 13.0 Å². The van der Waals surface area contributed by atoms with Gasteiger partial charge < -0.3 is 20.6 Å². The molecule has 11 nitrogen and oxygen atoms in total. The highest BCUT2D eigenvalue weighted by atomic mass is 19.1. The smallest absolute Gasteiger partial charge is 0.317 e. The second-order valence-electron chi connectivity index (χ2n) is 7.95. The molecule has 0 saturated heterocycles. The quantitative estimate of drug-likeness (QED) is 0.501. The van der Waals surface area contributed by atoms with Crippen molar-refractivity contribution in [3.05, 3.63) is 52.8 Å². The van der Waals surface area contributed by atoms with Crippen molar-refractivity contribution in [2.75, 3.05) is 25.0 Å². The number of aromatic nitrogens is 5. The standard InChI is InChI=1S/C22H25FN8O3/c1-3-24-22(34)30-8-7-14-10-17(23)16(9-15(14)11-30)21(33)26-19-6-4-5-18(25-19)20-27-28-29-31(20)13(2)12-32/h4-6,9-10,13,32H,3,7-8,11-12H2,1-2H3,(H,24,34)(H,25,26,33)/t13-/m1/s1. The maximum atomic E-state index is 14.8. The number of halogens is 1. The summed E-state index contributed by atoms with van der Waals surface area (Å²) in [5.74, 6) is -0.791. The molecule has 0 unspecified atom stereocenters. The second kappa shape index (κ2) is 9.91. The van der Waals surface area contributed by atoms with E-state index in [1.807, 2.05) is 6.92 Å².